The summed E-state index contributed by atoms with van der Waals surface area (Å²) >= 11 is 0. The molecule has 1 aromatic carbocycles. The van der Waals surface area contributed by atoms with Crippen molar-refractivity contribution in [2.45, 2.75) is 6.61 Å². The minimum absolute atomic E-state index is 0.134. The van der Waals surface area contributed by atoms with E-state index in [0.29, 0.717) is 17.8 Å². The predicted molar refractivity (Wildman–Crippen MR) is 71.0 cm³/mol. The summed E-state index contributed by atoms with van der Waals surface area (Å²) in [4.78, 5) is 15.4. The summed E-state index contributed by atoms with van der Waals surface area (Å²) in [5.74, 6) is -1.42. The first kappa shape index (κ1) is 12.8. The molecule has 0 bridgehead atoms. The lowest BCUT2D eigenvalue weighted by atomic mass is 9.79. The highest BCUT2D eigenvalue weighted by molar-refractivity contribution is 6.61. The van der Waals surface area contributed by atoms with Crippen LogP contribution in [0.15, 0.2) is 36.5 Å². The number of amides is 1. The third-order valence-electron chi connectivity index (χ3n) is 3.07. The van der Waals surface area contributed by atoms with E-state index in [1.165, 1.54) is 18.3 Å². The van der Waals surface area contributed by atoms with E-state index < -0.39 is 19.0 Å². The highest BCUT2D eigenvalue weighted by Gasteiger charge is 2.27. The Labute approximate surface area is 114 Å². The van der Waals surface area contributed by atoms with E-state index in [1.54, 1.807) is 18.2 Å². The highest BCUT2D eigenvalue weighted by atomic mass is 19.1. The second-order valence-corrected chi connectivity index (χ2v) is 4.37. The van der Waals surface area contributed by atoms with Crippen LogP contribution in [0.4, 0.5) is 10.1 Å². The fourth-order valence-corrected chi connectivity index (χ4v) is 2.05. The molecule has 1 aliphatic rings. The number of carbonyl (C=O) groups excluding carboxylic acids is 1. The number of carbonyl (C=O) groups is 1. The third kappa shape index (κ3) is 2.28. The van der Waals surface area contributed by atoms with Crippen molar-refractivity contribution >= 4 is 24.2 Å². The molecule has 0 saturated heterocycles. The minimum Gasteiger partial charge on any atom is -0.423 e. The van der Waals surface area contributed by atoms with E-state index in [2.05, 4.69) is 10.3 Å². The van der Waals surface area contributed by atoms with E-state index in [9.17, 15) is 14.2 Å². The lowest BCUT2D eigenvalue weighted by Gasteiger charge is -2.07. The van der Waals surface area contributed by atoms with Gasteiger partial charge in [-0.2, -0.15) is 4.39 Å². The van der Waals surface area contributed by atoms with E-state index in [0.717, 1.165) is 5.56 Å². The molecule has 7 heteroatoms. The summed E-state index contributed by atoms with van der Waals surface area (Å²) in [6.07, 6.45) is 1.27. The molecule has 2 heterocycles. The second-order valence-electron chi connectivity index (χ2n) is 4.37. The number of halogens is 1. The molecule has 3 rings (SSSR count). The maximum absolute atomic E-state index is 13.4. The molecule has 0 spiro atoms. The maximum Gasteiger partial charge on any atom is 0.491 e. The number of rotatable bonds is 2. The largest absolute Gasteiger partial charge is 0.491 e. The third-order valence-corrected chi connectivity index (χ3v) is 3.07. The van der Waals surface area contributed by atoms with Gasteiger partial charge in [-0.15, -0.1) is 0 Å². The summed E-state index contributed by atoms with van der Waals surface area (Å²) in [5.41, 5.74) is 1.80. The molecule has 1 amide bonds. The molecule has 20 heavy (non-hydrogen) atoms. The molecule has 2 N–H and O–H groups in total. The smallest absolute Gasteiger partial charge is 0.423 e. The lowest BCUT2D eigenvalue weighted by molar-refractivity contribution is 0.102. The number of hydrogen-bond donors (Lipinski definition) is 2. The quantitative estimate of drug-likeness (QED) is 0.623. The topological polar surface area (TPSA) is 71.5 Å². The first-order chi connectivity index (χ1) is 9.65. The van der Waals surface area contributed by atoms with Crippen LogP contribution in [0.5, 0.6) is 0 Å². The minimum atomic E-state index is -0.989. The van der Waals surface area contributed by atoms with Gasteiger partial charge in [-0.25, -0.2) is 4.98 Å². The average Bonchev–Trinajstić information content (AvgIpc) is 2.81. The van der Waals surface area contributed by atoms with Gasteiger partial charge < -0.3 is 15.0 Å². The van der Waals surface area contributed by atoms with E-state index in [-0.39, 0.29) is 5.56 Å². The average molecular weight is 272 g/mol. The zero-order chi connectivity index (χ0) is 14.1. The Morgan fingerprint density at radius 3 is 3.10 bits per heavy atom. The molecule has 2 aromatic rings. The Bertz CT molecular complexity index is 680. The van der Waals surface area contributed by atoms with Crippen LogP contribution in [-0.4, -0.2) is 23.0 Å². The zero-order valence-corrected chi connectivity index (χ0v) is 10.3. The SMILES string of the molecule is O=C(Nc1ccc2c(c1)B(O)OC2)c1cccnc1F. The zero-order valence-electron chi connectivity index (χ0n) is 10.3. The Morgan fingerprint density at radius 1 is 1.45 bits per heavy atom. The normalized spacial score (nSPS) is 13.2. The van der Waals surface area contributed by atoms with Gasteiger partial charge in [0.1, 0.15) is 0 Å². The summed E-state index contributed by atoms with van der Waals surface area (Å²) in [5, 5.41) is 12.2. The first-order valence-electron chi connectivity index (χ1n) is 5.99. The van der Waals surface area contributed by atoms with Crippen LogP contribution < -0.4 is 10.8 Å². The molecule has 0 atom stereocenters. The molecule has 1 aliphatic heterocycles. The van der Waals surface area contributed by atoms with Crippen LogP contribution in [0.3, 0.4) is 0 Å². The Hall–Kier alpha value is -2.25. The molecule has 100 valence electrons. The second kappa shape index (κ2) is 5.03. The highest BCUT2D eigenvalue weighted by Crippen LogP contribution is 2.15. The van der Waals surface area contributed by atoms with Crippen LogP contribution in [0.25, 0.3) is 0 Å². The van der Waals surface area contributed by atoms with Crippen molar-refractivity contribution in [1.82, 2.24) is 4.98 Å². The monoisotopic (exact) mass is 272 g/mol. The first-order valence-corrected chi connectivity index (χ1v) is 5.99. The number of aromatic nitrogens is 1. The van der Waals surface area contributed by atoms with E-state index in [4.69, 9.17) is 4.65 Å². The van der Waals surface area contributed by atoms with Gasteiger partial charge in [0.25, 0.3) is 5.91 Å². The van der Waals surface area contributed by atoms with Crippen LogP contribution >= 0.6 is 0 Å². The lowest BCUT2D eigenvalue weighted by Crippen LogP contribution is -2.28. The van der Waals surface area contributed by atoms with Gasteiger partial charge in [0.2, 0.25) is 5.95 Å². The van der Waals surface area contributed by atoms with E-state index in [1.807, 2.05) is 0 Å². The molecule has 0 radical (unpaired) electrons. The van der Waals surface area contributed by atoms with Gasteiger partial charge in [-0.05, 0) is 35.3 Å². The standard InChI is InChI=1S/C13H10BFN2O3/c15-12-10(2-1-5-16-12)13(18)17-9-4-3-8-7-20-14(19)11(8)6-9/h1-6,19H,7H2,(H,17,18). The fourth-order valence-electron chi connectivity index (χ4n) is 2.05. The Kier molecular flexibility index (Phi) is 3.21. The summed E-state index contributed by atoms with van der Waals surface area (Å²) in [6.45, 7) is 0.335. The predicted octanol–water partition coefficient (Wildman–Crippen LogP) is 0.691. The molecule has 0 fully saturated rings. The van der Waals surface area contributed by atoms with Gasteiger partial charge in [-0.1, -0.05) is 6.07 Å². The van der Waals surface area contributed by atoms with E-state index >= 15 is 0 Å². The molecular formula is C13H10BFN2O3. The fraction of sp³-hybridized carbons (Fsp3) is 0.0769. The van der Waals surface area contributed by atoms with Gasteiger partial charge in [0.15, 0.2) is 0 Å². The molecule has 0 aliphatic carbocycles. The number of anilines is 1. The molecule has 1 aromatic heterocycles. The number of benzene rings is 1. The molecule has 0 saturated carbocycles. The summed E-state index contributed by atoms with van der Waals surface area (Å²) in [7, 11) is -0.989. The van der Waals surface area contributed by atoms with Crippen molar-refractivity contribution in [1.29, 1.82) is 0 Å². The van der Waals surface area contributed by atoms with Crippen molar-refractivity contribution in [2.24, 2.45) is 0 Å². The van der Waals surface area contributed by atoms with Crippen molar-refractivity contribution in [2.75, 3.05) is 5.32 Å². The molecule has 5 nitrogen and oxygen atoms in total. The van der Waals surface area contributed by atoms with Crippen LogP contribution in [0.1, 0.15) is 15.9 Å². The van der Waals surface area contributed by atoms with Gasteiger partial charge >= 0.3 is 7.12 Å². The van der Waals surface area contributed by atoms with Crippen molar-refractivity contribution in [3.8, 4) is 0 Å². The number of pyridine rings is 1. The van der Waals surface area contributed by atoms with Gasteiger partial charge in [-0.3, -0.25) is 4.79 Å². The maximum atomic E-state index is 13.4. The number of nitrogens with one attached hydrogen (secondary N) is 1. The van der Waals surface area contributed by atoms with Crippen LogP contribution in [0, 0.1) is 5.95 Å². The molecule has 0 unspecified atom stereocenters. The molecular weight excluding hydrogens is 262 g/mol. The van der Waals surface area contributed by atoms with Gasteiger partial charge in [0, 0.05) is 11.9 Å². The Morgan fingerprint density at radius 2 is 2.30 bits per heavy atom. The number of nitrogens with zero attached hydrogens (tertiary/aromatic N) is 1. The number of fused-ring (bicyclic) bond motifs is 1. The Balaban J connectivity index is 1.84. The number of hydrogen-bond acceptors (Lipinski definition) is 4. The van der Waals surface area contributed by atoms with Crippen molar-refractivity contribution < 1.29 is 18.9 Å². The van der Waals surface area contributed by atoms with Crippen molar-refractivity contribution in [3.05, 3.63) is 53.6 Å². The van der Waals surface area contributed by atoms with Crippen LogP contribution in [-0.2, 0) is 11.3 Å². The van der Waals surface area contributed by atoms with Gasteiger partial charge in [0.05, 0.1) is 12.2 Å². The van der Waals surface area contributed by atoms with Crippen LogP contribution in [0.2, 0.25) is 0 Å². The summed E-state index contributed by atoms with van der Waals surface area (Å²) in [6, 6.07) is 7.87. The van der Waals surface area contributed by atoms with Crippen molar-refractivity contribution in [3.63, 3.8) is 0 Å². The summed E-state index contributed by atoms with van der Waals surface area (Å²) < 4.78 is 18.5.